The molecule has 0 radical (unpaired) electrons. The first kappa shape index (κ1) is 17.3. The zero-order chi connectivity index (χ0) is 15.3. The molecule has 0 fully saturated rings. The molecule has 110 valence electrons. The van der Waals surface area contributed by atoms with Gasteiger partial charge in [-0.2, -0.15) is 9.87 Å². The molecular weight excluding hydrogens is 261 g/mol. The Hall–Kier alpha value is -1.70. The molecule has 19 heavy (non-hydrogen) atoms. The first-order chi connectivity index (χ1) is 8.53. The summed E-state index contributed by atoms with van der Waals surface area (Å²) in [6.45, 7) is 6.80. The summed E-state index contributed by atoms with van der Waals surface area (Å²) in [5.41, 5.74) is 0.702. The van der Waals surface area contributed by atoms with Gasteiger partial charge in [0.05, 0.1) is 6.61 Å². The molecule has 1 unspecified atom stereocenters. The van der Waals surface area contributed by atoms with Crippen molar-refractivity contribution in [1.29, 1.82) is 0 Å². The number of halogens is 1. The molecular formula is C11H18FNO6. The normalized spacial score (nSPS) is 14.2. The van der Waals surface area contributed by atoms with Gasteiger partial charge in [-0.05, 0) is 27.7 Å². The molecule has 0 heterocycles. The second kappa shape index (κ2) is 6.46. The molecule has 0 bridgehead atoms. The lowest BCUT2D eigenvalue weighted by Crippen LogP contribution is -2.50. The van der Waals surface area contributed by atoms with E-state index >= 15 is 0 Å². The monoisotopic (exact) mass is 279 g/mol. The van der Waals surface area contributed by atoms with Crippen molar-refractivity contribution in [2.24, 2.45) is 0 Å². The van der Waals surface area contributed by atoms with Crippen LogP contribution in [0.25, 0.3) is 0 Å². The van der Waals surface area contributed by atoms with Gasteiger partial charge in [0.1, 0.15) is 5.60 Å². The zero-order valence-electron chi connectivity index (χ0n) is 11.5. The van der Waals surface area contributed by atoms with Crippen LogP contribution in [0.1, 0.15) is 34.6 Å². The third kappa shape index (κ3) is 5.64. The highest BCUT2D eigenvalue weighted by molar-refractivity contribution is 6.04. The number of hydrogen-bond donors (Lipinski definition) is 1. The minimum atomic E-state index is -3.40. The lowest BCUT2D eigenvalue weighted by atomic mass is 10.2. The van der Waals surface area contributed by atoms with E-state index in [-0.39, 0.29) is 6.61 Å². The van der Waals surface area contributed by atoms with Crippen LogP contribution in [0.15, 0.2) is 0 Å². The standard InChI is InChI=1S/C11H18FNO6/c1-6-17-8(15)11(12,7(2)14)19-13-9(16)18-10(3,4)5/h6H2,1-5H3,(H,13,16). The van der Waals surface area contributed by atoms with Gasteiger partial charge in [0.2, 0.25) is 5.78 Å². The number of hydrogen-bond acceptors (Lipinski definition) is 6. The number of carbonyl (C=O) groups is 3. The van der Waals surface area contributed by atoms with Crippen LogP contribution in [0.2, 0.25) is 0 Å². The molecule has 0 aliphatic carbocycles. The Morgan fingerprint density at radius 1 is 1.21 bits per heavy atom. The number of rotatable bonds is 5. The molecule has 0 aromatic carbocycles. The van der Waals surface area contributed by atoms with Gasteiger partial charge in [0.25, 0.3) is 0 Å². The van der Waals surface area contributed by atoms with Crippen molar-refractivity contribution in [3.8, 4) is 0 Å². The van der Waals surface area contributed by atoms with Crippen molar-refractivity contribution in [2.75, 3.05) is 6.61 Å². The second-order valence-corrected chi connectivity index (χ2v) is 4.58. The molecule has 1 N–H and O–H groups in total. The third-order valence-electron chi connectivity index (χ3n) is 1.66. The van der Waals surface area contributed by atoms with Crippen LogP contribution in [0.3, 0.4) is 0 Å². The lowest BCUT2D eigenvalue weighted by Gasteiger charge is -2.23. The molecule has 1 atom stereocenters. The number of carbonyl (C=O) groups excluding carboxylic acids is 3. The fourth-order valence-electron chi connectivity index (χ4n) is 0.892. The van der Waals surface area contributed by atoms with Crippen molar-refractivity contribution in [1.82, 2.24) is 5.48 Å². The Morgan fingerprint density at radius 2 is 1.74 bits per heavy atom. The van der Waals surface area contributed by atoms with Gasteiger partial charge in [0, 0.05) is 6.92 Å². The molecule has 8 heteroatoms. The minimum Gasteiger partial charge on any atom is -0.461 e. The molecule has 0 aromatic heterocycles. The average molecular weight is 279 g/mol. The highest BCUT2D eigenvalue weighted by atomic mass is 19.2. The van der Waals surface area contributed by atoms with Crippen LogP contribution in [0.5, 0.6) is 0 Å². The number of nitrogens with one attached hydrogen (secondary N) is 1. The van der Waals surface area contributed by atoms with E-state index in [1.165, 1.54) is 6.92 Å². The van der Waals surface area contributed by atoms with Crippen LogP contribution >= 0.6 is 0 Å². The Bertz CT molecular complexity index is 365. The van der Waals surface area contributed by atoms with E-state index in [0.717, 1.165) is 6.92 Å². The van der Waals surface area contributed by atoms with Crippen LogP contribution in [-0.4, -0.2) is 35.9 Å². The molecule has 0 spiro atoms. The predicted octanol–water partition coefficient (Wildman–Crippen LogP) is 1.26. The predicted molar refractivity (Wildman–Crippen MR) is 61.6 cm³/mol. The van der Waals surface area contributed by atoms with E-state index in [9.17, 15) is 18.8 Å². The summed E-state index contributed by atoms with van der Waals surface area (Å²) in [5, 5.41) is 0. The van der Waals surface area contributed by atoms with Crippen molar-refractivity contribution < 1.29 is 33.1 Å². The number of alkyl halides is 1. The van der Waals surface area contributed by atoms with E-state index in [0.29, 0.717) is 0 Å². The fourth-order valence-corrected chi connectivity index (χ4v) is 0.892. The SMILES string of the molecule is CCOC(=O)C(F)(ONC(=O)OC(C)(C)C)C(C)=O. The van der Waals surface area contributed by atoms with E-state index in [1.807, 2.05) is 0 Å². The van der Waals surface area contributed by atoms with E-state index in [4.69, 9.17) is 4.74 Å². The van der Waals surface area contributed by atoms with Gasteiger partial charge in [-0.3, -0.25) is 4.79 Å². The number of amides is 1. The summed E-state index contributed by atoms with van der Waals surface area (Å²) in [6, 6.07) is 0. The summed E-state index contributed by atoms with van der Waals surface area (Å²) < 4.78 is 23.1. The molecule has 1 amide bonds. The number of hydroxylamine groups is 1. The highest BCUT2D eigenvalue weighted by Gasteiger charge is 2.48. The van der Waals surface area contributed by atoms with Crippen LogP contribution in [-0.2, 0) is 23.9 Å². The van der Waals surface area contributed by atoms with Gasteiger partial charge < -0.3 is 9.47 Å². The summed E-state index contributed by atoms with van der Waals surface area (Å²) >= 11 is 0. The van der Waals surface area contributed by atoms with E-state index in [2.05, 4.69) is 9.57 Å². The first-order valence-electron chi connectivity index (χ1n) is 5.57. The van der Waals surface area contributed by atoms with Crippen LogP contribution < -0.4 is 5.48 Å². The van der Waals surface area contributed by atoms with Crippen LogP contribution in [0, 0.1) is 0 Å². The van der Waals surface area contributed by atoms with Crippen LogP contribution in [0.4, 0.5) is 9.18 Å². The molecule has 0 aromatic rings. The van der Waals surface area contributed by atoms with Gasteiger partial charge in [0.15, 0.2) is 0 Å². The third-order valence-corrected chi connectivity index (χ3v) is 1.66. The Labute approximate surface area is 110 Å². The van der Waals surface area contributed by atoms with Crippen molar-refractivity contribution >= 4 is 17.8 Å². The summed E-state index contributed by atoms with van der Waals surface area (Å²) in [5.74, 6) is -6.20. The highest BCUT2D eigenvalue weighted by Crippen LogP contribution is 2.16. The van der Waals surface area contributed by atoms with Crippen molar-refractivity contribution in [3.05, 3.63) is 0 Å². The zero-order valence-corrected chi connectivity index (χ0v) is 11.5. The first-order valence-corrected chi connectivity index (χ1v) is 5.57. The smallest absolute Gasteiger partial charge is 0.431 e. The maximum Gasteiger partial charge on any atom is 0.431 e. The van der Waals surface area contributed by atoms with E-state index in [1.54, 1.807) is 26.3 Å². The second-order valence-electron chi connectivity index (χ2n) is 4.58. The average Bonchev–Trinajstić information content (AvgIpc) is 2.23. The Morgan fingerprint density at radius 3 is 2.11 bits per heavy atom. The largest absolute Gasteiger partial charge is 0.461 e. The Balaban J connectivity index is 4.66. The molecule has 0 saturated carbocycles. The van der Waals surface area contributed by atoms with Crippen molar-refractivity contribution in [3.63, 3.8) is 0 Å². The number of Topliss-reactive ketones (excluding diaryl/α,β-unsaturated/α-hetero) is 1. The van der Waals surface area contributed by atoms with E-state index < -0.39 is 29.3 Å². The topological polar surface area (TPSA) is 90.9 Å². The summed E-state index contributed by atoms with van der Waals surface area (Å²) in [7, 11) is 0. The van der Waals surface area contributed by atoms with Crippen molar-refractivity contribution in [2.45, 2.75) is 46.1 Å². The summed E-state index contributed by atoms with van der Waals surface area (Å²) in [6.07, 6.45) is -1.14. The van der Waals surface area contributed by atoms with Gasteiger partial charge in [-0.1, -0.05) is 0 Å². The number of esters is 1. The van der Waals surface area contributed by atoms with Gasteiger partial charge in [-0.15, -0.1) is 0 Å². The number of ether oxygens (including phenoxy) is 2. The molecule has 0 aliphatic heterocycles. The molecule has 7 nitrogen and oxygen atoms in total. The number of ketones is 1. The Kier molecular flexibility index (Phi) is 5.88. The maximum absolute atomic E-state index is 14.0. The summed E-state index contributed by atoms with van der Waals surface area (Å²) in [4.78, 5) is 37.8. The maximum atomic E-state index is 14.0. The quantitative estimate of drug-likeness (QED) is 0.463. The molecule has 0 saturated heterocycles. The fraction of sp³-hybridized carbons (Fsp3) is 0.727. The molecule has 0 aliphatic rings. The van der Waals surface area contributed by atoms with Gasteiger partial charge in [-0.25, -0.2) is 14.4 Å². The molecule has 0 rings (SSSR count). The minimum absolute atomic E-state index is 0.145. The van der Waals surface area contributed by atoms with Gasteiger partial charge >= 0.3 is 17.9 Å². The lowest BCUT2D eigenvalue weighted by molar-refractivity contribution is -0.213.